The van der Waals surface area contributed by atoms with Crippen LogP contribution in [0.1, 0.15) is 20.3 Å². The fourth-order valence-electron chi connectivity index (χ4n) is 2.44. The highest BCUT2D eigenvalue weighted by atomic mass is 35.5. The highest BCUT2D eigenvalue weighted by Crippen LogP contribution is 2.27. The molecule has 18 heavy (non-hydrogen) atoms. The minimum Gasteiger partial charge on any atom is -0.490 e. The number of nitrogens with one attached hydrogen (secondary N) is 1. The van der Waals surface area contributed by atoms with Gasteiger partial charge in [0.2, 0.25) is 0 Å². The highest BCUT2D eigenvalue weighted by molar-refractivity contribution is 6.30. The molecule has 0 spiro atoms. The highest BCUT2D eigenvalue weighted by Gasteiger charge is 2.29. The lowest BCUT2D eigenvalue weighted by Gasteiger charge is -2.27. The van der Waals surface area contributed by atoms with Gasteiger partial charge in [0, 0.05) is 18.5 Å². The molecule has 1 aliphatic rings. The summed E-state index contributed by atoms with van der Waals surface area (Å²) >= 11 is 5.67. The molecule has 0 aliphatic carbocycles. The van der Waals surface area contributed by atoms with E-state index in [0.717, 1.165) is 19.5 Å². The second-order valence-corrected chi connectivity index (χ2v) is 5.56. The molecule has 1 saturated heterocycles. The maximum absolute atomic E-state index is 13.4. The Bertz CT molecular complexity index is 405. The Morgan fingerprint density at radius 3 is 2.78 bits per heavy atom. The minimum atomic E-state index is -0.429. The average molecular weight is 272 g/mol. The molecule has 1 aromatic rings. The first-order valence-corrected chi connectivity index (χ1v) is 6.78. The second kappa shape index (κ2) is 5.89. The third kappa shape index (κ3) is 3.15. The molecule has 2 rings (SSSR count). The molecule has 0 aromatic heterocycles. The van der Waals surface area contributed by atoms with Crippen molar-refractivity contribution in [1.82, 2.24) is 5.32 Å². The van der Waals surface area contributed by atoms with E-state index in [2.05, 4.69) is 19.2 Å². The molecule has 4 heteroatoms. The van der Waals surface area contributed by atoms with Gasteiger partial charge >= 0.3 is 0 Å². The Hall–Kier alpha value is -0.800. The SMILES string of the molecule is CC(C)[C@@H](Oc1ccc(Cl)c(F)c1)[C@H]1CCNC1. The molecule has 1 N–H and O–H groups in total. The van der Waals surface area contributed by atoms with Crippen molar-refractivity contribution in [3.8, 4) is 5.75 Å². The summed E-state index contributed by atoms with van der Waals surface area (Å²) in [5.41, 5.74) is 0. The van der Waals surface area contributed by atoms with Crippen molar-refractivity contribution in [2.24, 2.45) is 11.8 Å². The lowest BCUT2D eigenvalue weighted by molar-refractivity contribution is 0.0970. The van der Waals surface area contributed by atoms with Gasteiger partial charge in [-0.05, 0) is 31.0 Å². The summed E-state index contributed by atoms with van der Waals surface area (Å²) in [4.78, 5) is 0. The van der Waals surface area contributed by atoms with Crippen LogP contribution in [0.3, 0.4) is 0 Å². The molecule has 0 amide bonds. The molecule has 0 bridgehead atoms. The van der Waals surface area contributed by atoms with Gasteiger partial charge in [0.15, 0.2) is 0 Å². The number of hydrogen-bond acceptors (Lipinski definition) is 2. The zero-order valence-corrected chi connectivity index (χ0v) is 11.5. The van der Waals surface area contributed by atoms with E-state index >= 15 is 0 Å². The summed E-state index contributed by atoms with van der Waals surface area (Å²) < 4.78 is 19.3. The second-order valence-electron chi connectivity index (χ2n) is 5.16. The molecule has 2 atom stereocenters. The van der Waals surface area contributed by atoms with Crippen LogP contribution in [0, 0.1) is 17.7 Å². The summed E-state index contributed by atoms with van der Waals surface area (Å²) in [6.45, 7) is 6.27. The molecule has 1 fully saturated rings. The van der Waals surface area contributed by atoms with Crippen LogP contribution in [0.4, 0.5) is 4.39 Å². The van der Waals surface area contributed by atoms with Crippen LogP contribution in [0.15, 0.2) is 18.2 Å². The van der Waals surface area contributed by atoms with Gasteiger partial charge in [-0.2, -0.15) is 0 Å². The largest absolute Gasteiger partial charge is 0.490 e. The van der Waals surface area contributed by atoms with Crippen molar-refractivity contribution in [2.45, 2.75) is 26.4 Å². The molecule has 0 saturated carbocycles. The van der Waals surface area contributed by atoms with Gasteiger partial charge in [-0.25, -0.2) is 4.39 Å². The van der Waals surface area contributed by atoms with E-state index in [4.69, 9.17) is 16.3 Å². The predicted octanol–water partition coefficient (Wildman–Crippen LogP) is 3.49. The van der Waals surface area contributed by atoms with Gasteiger partial charge in [0.25, 0.3) is 0 Å². The Morgan fingerprint density at radius 2 is 2.22 bits per heavy atom. The van der Waals surface area contributed by atoms with Gasteiger partial charge in [-0.3, -0.25) is 0 Å². The van der Waals surface area contributed by atoms with E-state index in [9.17, 15) is 4.39 Å². The van der Waals surface area contributed by atoms with Gasteiger partial charge in [-0.15, -0.1) is 0 Å². The fraction of sp³-hybridized carbons (Fsp3) is 0.571. The van der Waals surface area contributed by atoms with Crippen molar-refractivity contribution in [3.05, 3.63) is 29.0 Å². The van der Waals surface area contributed by atoms with Crippen LogP contribution in [-0.4, -0.2) is 19.2 Å². The summed E-state index contributed by atoms with van der Waals surface area (Å²) in [6.07, 6.45) is 1.22. The first-order chi connectivity index (χ1) is 8.58. The summed E-state index contributed by atoms with van der Waals surface area (Å²) in [7, 11) is 0. The van der Waals surface area contributed by atoms with E-state index in [1.807, 2.05) is 0 Å². The molecular weight excluding hydrogens is 253 g/mol. The van der Waals surface area contributed by atoms with E-state index in [1.54, 1.807) is 6.07 Å². The van der Waals surface area contributed by atoms with Crippen LogP contribution in [0.5, 0.6) is 5.75 Å². The number of rotatable bonds is 4. The fourth-order valence-corrected chi connectivity index (χ4v) is 2.56. The van der Waals surface area contributed by atoms with Crippen LogP contribution >= 0.6 is 11.6 Å². The predicted molar refractivity (Wildman–Crippen MR) is 71.6 cm³/mol. The number of halogens is 2. The van der Waals surface area contributed by atoms with Crippen LogP contribution < -0.4 is 10.1 Å². The number of ether oxygens (including phenoxy) is 1. The van der Waals surface area contributed by atoms with Gasteiger partial charge in [0.1, 0.15) is 17.7 Å². The van der Waals surface area contributed by atoms with Gasteiger partial charge in [0.05, 0.1) is 5.02 Å². The van der Waals surface area contributed by atoms with E-state index in [-0.39, 0.29) is 11.1 Å². The average Bonchev–Trinajstić information content (AvgIpc) is 2.83. The zero-order chi connectivity index (χ0) is 13.1. The molecule has 0 unspecified atom stereocenters. The van der Waals surface area contributed by atoms with Crippen LogP contribution in [-0.2, 0) is 0 Å². The summed E-state index contributed by atoms with van der Waals surface area (Å²) in [5.74, 6) is 1.01. The Kier molecular flexibility index (Phi) is 4.46. The van der Waals surface area contributed by atoms with Crippen molar-refractivity contribution >= 4 is 11.6 Å². The minimum absolute atomic E-state index is 0.112. The lowest BCUT2D eigenvalue weighted by atomic mass is 9.92. The summed E-state index contributed by atoms with van der Waals surface area (Å²) in [6, 6.07) is 4.62. The monoisotopic (exact) mass is 271 g/mol. The third-order valence-electron chi connectivity index (χ3n) is 3.38. The van der Waals surface area contributed by atoms with E-state index in [0.29, 0.717) is 17.6 Å². The molecule has 0 radical (unpaired) electrons. The Labute approximate surface area is 112 Å². The molecular formula is C14H19ClFNO. The Balaban J connectivity index is 2.10. The number of hydrogen-bond donors (Lipinski definition) is 1. The lowest BCUT2D eigenvalue weighted by Crippen LogP contribution is -2.33. The molecule has 100 valence electrons. The molecule has 1 aromatic carbocycles. The first kappa shape index (κ1) is 13.6. The molecule has 2 nitrogen and oxygen atoms in total. The van der Waals surface area contributed by atoms with Crippen molar-refractivity contribution in [3.63, 3.8) is 0 Å². The molecule has 1 heterocycles. The maximum atomic E-state index is 13.4. The normalized spacial score (nSPS) is 21.3. The van der Waals surface area contributed by atoms with Crippen LogP contribution in [0.25, 0.3) is 0 Å². The zero-order valence-electron chi connectivity index (χ0n) is 10.7. The third-order valence-corrected chi connectivity index (χ3v) is 3.69. The van der Waals surface area contributed by atoms with E-state index in [1.165, 1.54) is 12.1 Å². The van der Waals surface area contributed by atoms with Crippen molar-refractivity contribution in [1.29, 1.82) is 0 Å². The summed E-state index contributed by atoms with van der Waals surface area (Å²) in [5, 5.41) is 3.47. The smallest absolute Gasteiger partial charge is 0.145 e. The first-order valence-electron chi connectivity index (χ1n) is 6.40. The maximum Gasteiger partial charge on any atom is 0.145 e. The quantitative estimate of drug-likeness (QED) is 0.905. The molecule has 1 aliphatic heterocycles. The van der Waals surface area contributed by atoms with E-state index < -0.39 is 5.82 Å². The van der Waals surface area contributed by atoms with Gasteiger partial charge in [-0.1, -0.05) is 25.4 Å². The standard InChI is InChI=1S/C14H19ClFNO/c1-9(2)14(10-5-6-17-8-10)18-11-3-4-12(15)13(16)7-11/h3-4,7,9-10,14,17H,5-6,8H2,1-2H3/t10-,14+/m0/s1. The van der Waals surface area contributed by atoms with Gasteiger partial charge < -0.3 is 10.1 Å². The topological polar surface area (TPSA) is 21.3 Å². The van der Waals surface area contributed by atoms with Crippen LogP contribution in [0.2, 0.25) is 5.02 Å². The Morgan fingerprint density at radius 1 is 1.44 bits per heavy atom. The van der Waals surface area contributed by atoms with Crippen molar-refractivity contribution < 1.29 is 9.13 Å². The number of benzene rings is 1. The van der Waals surface area contributed by atoms with Crippen molar-refractivity contribution in [2.75, 3.05) is 13.1 Å².